The van der Waals surface area contributed by atoms with Gasteiger partial charge in [0.1, 0.15) is 12.7 Å². The van der Waals surface area contributed by atoms with Gasteiger partial charge < -0.3 is 28.4 Å². The second-order valence-electron chi connectivity index (χ2n) is 11.5. The minimum absolute atomic E-state index is 0.125. The maximum absolute atomic E-state index is 13.7. The van der Waals surface area contributed by atoms with Gasteiger partial charge in [0.2, 0.25) is 12.4 Å². The first-order valence-electron chi connectivity index (χ1n) is 16.3. The van der Waals surface area contributed by atoms with Crippen LogP contribution in [0.4, 0.5) is 0 Å². The molecule has 0 aliphatic carbocycles. The summed E-state index contributed by atoms with van der Waals surface area (Å²) in [4.78, 5) is 67.4. The fraction of sp³-hybridized carbons (Fsp3) is 0.146. The summed E-state index contributed by atoms with van der Waals surface area (Å²) in [6.07, 6.45) is -8.07. The van der Waals surface area contributed by atoms with Gasteiger partial charge in [-0.15, -0.1) is 0 Å². The lowest BCUT2D eigenvalue weighted by Gasteiger charge is -2.43. The van der Waals surface area contributed by atoms with Crippen LogP contribution < -0.4 is 0 Å². The van der Waals surface area contributed by atoms with Crippen LogP contribution in [0.3, 0.4) is 0 Å². The van der Waals surface area contributed by atoms with Crippen molar-refractivity contribution in [2.75, 3.05) is 6.61 Å². The van der Waals surface area contributed by atoms with E-state index in [1.807, 2.05) is 0 Å². The quantitative estimate of drug-likeness (QED) is 0.117. The molecule has 11 nitrogen and oxygen atoms in total. The average Bonchev–Trinajstić information content (AvgIpc) is 3.20. The molecule has 0 bridgehead atoms. The van der Waals surface area contributed by atoms with Gasteiger partial charge in [-0.25, -0.2) is 24.0 Å². The van der Waals surface area contributed by atoms with Crippen LogP contribution in [0.1, 0.15) is 51.8 Å². The molecule has 1 aliphatic rings. The van der Waals surface area contributed by atoms with Crippen molar-refractivity contribution in [2.45, 2.75) is 30.7 Å². The molecule has 5 aromatic carbocycles. The first kappa shape index (κ1) is 35.2. The molecule has 0 amide bonds. The average molecular weight is 701 g/mol. The van der Waals surface area contributed by atoms with E-state index in [0.717, 1.165) is 0 Å². The molecule has 0 N–H and O–H groups in total. The monoisotopic (exact) mass is 700 g/mol. The maximum Gasteiger partial charge on any atom is 0.340 e. The number of rotatable bonds is 11. The molecule has 5 atom stereocenters. The van der Waals surface area contributed by atoms with Gasteiger partial charge in [0.15, 0.2) is 12.2 Å². The maximum atomic E-state index is 13.7. The number of hydrogen-bond donors (Lipinski definition) is 0. The van der Waals surface area contributed by atoms with Crippen molar-refractivity contribution in [3.05, 3.63) is 179 Å². The molecule has 262 valence electrons. The van der Waals surface area contributed by atoms with Gasteiger partial charge in [0.05, 0.1) is 27.8 Å². The summed E-state index contributed by atoms with van der Waals surface area (Å²) in [5.74, 6) is -4.19. The molecule has 1 heterocycles. The number of benzene rings is 5. The lowest BCUT2D eigenvalue weighted by Crippen LogP contribution is -2.63. The Morgan fingerprint density at radius 1 is 0.385 bits per heavy atom. The van der Waals surface area contributed by atoms with Crippen LogP contribution >= 0.6 is 0 Å². The summed E-state index contributed by atoms with van der Waals surface area (Å²) in [6.45, 7) is -0.557. The van der Waals surface area contributed by atoms with Crippen molar-refractivity contribution in [1.29, 1.82) is 0 Å². The van der Waals surface area contributed by atoms with Crippen LogP contribution in [0.5, 0.6) is 0 Å². The van der Waals surface area contributed by atoms with E-state index in [1.54, 1.807) is 103 Å². The predicted molar refractivity (Wildman–Crippen MR) is 184 cm³/mol. The van der Waals surface area contributed by atoms with Gasteiger partial charge in [-0.2, -0.15) is 0 Å². The van der Waals surface area contributed by atoms with Crippen LogP contribution in [0.2, 0.25) is 0 Å². The fourth-order valence-corrected chi connectivity index (χ4v) is 5.37. The van der Waals surface area contributed by atoms with E-state index in [0.29, 0.717) is 0 Å². The Morgan fingerprint density at radius 2 is 0.692 bits per heavy atom. The summed E-state index contributed by atoms with van der Waals surface area (Å²) < 4.78 is 35.5. The minimum Gasteiger partial charge on any atom is -0.459 e. The minimum atomic E-state index is -1.75. The number of esters is 5. The van der Waals surface area contributed by atoms with Crippen molar-refractivity contribution in [2.24, 2.45) is 0 Å². The van der Waals surface area contributed by atoms with Gasteiger partial charge in [-0.05, 0) is 60.7 Å². The lowest BCUT2D eigenvalue weighted by atomic mass is 9.97. The lowest BCUT2D eigenvalue weighted by molar-refractivity contribution is -0.282. The van der Waals surface area contributed by atoms with Crippen LogP contribution in [-0.4, -0.2) is 67.2 Å². The fourth-order valence-electron chi connectivity index (χ4n) is 5.37. The molecule has 1 saturated heterocycles. The molecule has 1 fully saturated rings. The summed E-state index contributed by atoms with van der Waals surface area (Å²) in [5.41, 5.74) is 0.762. The Hall–Kier alpha value is -6.59. The molecule has 0 saturated carbocycles. The molecule has 0 radical (unpaired) electrons. The summed E-state index contributed by atoms with van der Waals surface area (Å²) in [7, 11) is 0. The molecule has 52 heavy (non-hydrogen) atoms. The van der Waals surface area contributed by atoms with Gasteiger partial charge in [-0.1, -0.05) is 91.0 Å². The summed E-state index contributed by atoms with van der Waals surface area (Å²) in [5, 5.41) is 0. The third-order valence-corrected chi connectivity index (χ3v) is 7.97. The van der Waals surface area contributed by atoms with E-state index >= 15 is 0 Å². The van der Waals surface area contributed by atoms with E-state index in [-0.39, 0.29) is 27.8 Å². The van der Waals surface area contributed by atoms with Gasteiger partial charge in [-0.3, -0.25) is 0 Å². The molecular formula is C41H32O11. The van der Waals surface area contributed by atoms with Crippen molar-refractivity contribution in [1.82, 2.24) is 0 Å². The zero-order valence-corrected chi connectivity index (χ0v) is 27.5. The first-order valence-corrected chi connectivity index (χ1v) is 16.3. The largest absolute Gasteiger partial charge is 0.459 e. The Bertz CT molecular complexity index is 1970. The Balaban J connectivity index is 1.41. The van der Waals surface area contributed by atoms with Crippen molar-refractivity contribution in [3.8, 4) is 0 Å². The van der Waals surface area contributed by atoms with E-state index in [2.05, 4.69) is 0 Å². The molecule has 1 aliphatic heterocycles. The second-order valence-corrected chi connectivity index (χ2v) is 11.5. The molecule has 1 unspecified atom stereocenters. The molecule has 11 heteroatoms. The Morgan fingerprint density at radius 3 is 1.08 bits per heavy atom. The molecular weight excluding hydrogens is 668 g/mol. The predicted octanol–water partition coefficient (Wildman–Crippen LogP) is 6.10. The highest BCUT2D eigenvalue weighted by atomic mass is 16.7. The molecule has 6 rings (SSSR count). The Labute approximate surface area is 298 Å². The normalized spacial score (nSPS) is 19.3. The van der Waals surface area contributed by atoms with Crippen LogP contribution in [0, 0.1) is 0 Å². The van der Waals surface area contributed by atoms with Gasteiger partial charge >= 0.3 is 29.8 Å². The van der Waals surface area contributed by atoms with Crippen LogP contribution in [0.25, 0.3) is 0 Å². The van der Waals surface area contributed by atoms with E-state index in [9.17, 15) is 24.0 Å². The molecule has 5 aromatic rings. The van der Waals surface area contributed by atoms with E-state index < -0.39 is 67.2 Å². The highest BCUT2D eigenvalue weighted by Gasteiger charge is 2.54. The number of carbonyl (C=O) groups is 5. The van der Waals surface area contributed by atoms with Crippen LogP contribution in [-0.2, 0) is 28.4 Å². The Kier molecular flexibility index (Phi) is 11.4. The molecule has 0 aromatic heterocycles. The highest BCUT2D eigenvalue weighted by molar-refractivity contribution is 5.92. The second kappa shape index (κ2) is 16.9. The third kappa shape index (κ3) is 8.76. The zero-order chi connectivity index (χ0) is 36.3. The molecule has 0 spiro atoms. The number of hydrogen-bond acceptors (Lipinski definition) is 11. The first-order chi connectivity index (χ1) is 25.4. The zero-order valence-electron chi connectivity index (χ0n) is 27.5. The highest BCUT2D eigenvalue weighted by Crippen LogP contribution is 2.32. The van der Waals surface area contributed by atoms with E-state index in [1.165, 1.54) is 48.5 Å². The van der Waals surface area contributed by atoms with Crippen LogP contribution in [0.15, 0.2) is 152 Å². The smallest absolute Gasteiger partial charge is 0.340 e. The SMILES string of the molecule is O=C(OC[C@H]1OC(OC(=O)c2ccccc2)[C@H](OC(=O)c2ccccc2)[C@@H](OC(=O)c2ccccc2)[C@H]1OC(=O)c1ccccc1)c1ccccc1. The van der Waals surface area contributed by atoms with Crippen molar-refractivity contribution >= 4 is 29.8 Å². The van der Waals surface area contributed by atoms with Gasteiger partial charge in [0, 0.05) is 0 Å². The number of carbonyl (C=O) groups excluding carboxylic acids is 5. The third-order valence-electron chi connectivity index (χ3n) is 7.97. The number of ether oxygens (including phenoxy) is 6. The van der Waals surface area contributed by atoms with Gasteiger partial charge in [0.25, 0.3) is 0 Å². The topological polar surface area (TPSA) is 141 Å². The van der Waals surface area contributed by atoms with Crippen molar-refractivity contribution < 1.29 is 52.4 Å². The van der Waals surface area contributed by atoms with Crippen molar-refractivity contribution in [3.63, 3.8) is 0 Å². The summed E-state index contributed by atoms with van der Waals surface area (Å²) >= 11 is 0. The van der Waals surface area contributed by atoms with E-state index in [4.69, 9.17) is 28.4 Å². The summed E-state index contributed by atoms with van der Waals surface area (Å²) in [6, 6.07) is 40.0. The standard InChI is InChI=1S/C41H32O11/c42-36(27-16-6-1-7-17-27)47-26-32-33(49-37(43)28-18-8-2-9-19-28)34(50-38(44)29-20-10-3-11-21-29)35(51-39(45)30-22-12-4-13-23-30)41(48-32)52-40(46)31-24-14-5-15-25-31/h1-25,32-35,41H,26H2/t32-,33+,34+,35-,41?/m1/s1.